The Morgan fingerprint density at radius 1 is 1.25 bits per heavy atom. The number of hydrogen-bond donors (Lipinski definition) is 4. The molecule has 0 heterocycles. The summed E-state index contributed by atoms with van der Waals surface area (Å²) in [6.07, 6.45) is 0.840. The van der Waals surface area contributed by atoms with Crippen LogP contribution in [0.5, 0.6) is 0 Å². The SMILES string of the molecule is CCC(C)C(N)C(=O)Nc1cccc(NC(=O)NC)c1. The number of nitrogens with two attached hydrogens (primary N) is 1. The van der Waals surface area contributed by atoms with Gasteiger partial charge >= 0.3 is 6.03 Å². The lowest BCUT2D eigenvalue weighted by atomic mass is 9.99. The van der Waals surface area contributed by atoms with Crippen LogP contribution >= 0.6 is 0 Å². The molecule has 0 spiro atoms. The quantitative estimate of drug-likeness (QED) is 0.660. The molecule has 6 heteroatoms. The summed E-state index contributed by atoms with van der Waals surface area (Å²) in [5, 5.41) is 7.85. The summed E-state index contributed by atoms with van der Waals surface area (Å²) < 4.78 is 0. The molecule has 0 aliphatic heterocycles. The van der Waals surface area contributed by atoms with Crippen molar-refractivity contribution in [1.82, 2.24) is 5.32 Å². The second-order valence-electron chi connectivity index (χ2n) is 4.69. The molecule has 1 aromatic carbocycles. The van der Waals surface area contributed by atoms with E-state index in [0.717, 1.165) is 6.42 Å². The van der Waals surface area contributed by atoms with Crippen LogP contribution in [-0.4, -0.2) is 25.0 Å². The molecule has 3 amide bonds. The van der Waals surface area contributed by atoms with E-state index in [2.05, 4.69) is 16.0 Å². The minimum absolute atomic E-state index is 0.113. The summed E-state index contributed by atoms with van der Waals surface area (Å²) in [5.74, 6) is -0.112. The lowest BCUT2D eigenvalue weighted by molar-refractivity contribution is -0.118. The third kappa shape index (κ3) is 4.55. The molecular weight excluding hydrogens is 256 g/mol. The first-order chi connectivity index (χ1) is 9.47. The van der Waals surface area contributed by atoms with Crippen LogP contribution < -0.4 is 21.7 Å². The first-order valence-electron chi connectivity index (χ1n) is 6.63. The number of carbonyl (C=O) groups excluding carboxylic acids is 2. The molecule has 0 saturated carbocycles. The maximum absolute atomic E-state index is 12.0. The Balaban J connectivity index is 2.71. The molecule has 2 atom stereocenters. The largest absolute Gasteiger partial charge is 0.341 e. The number of hydrogen-bond acceptors (Lipinski definition) is 3. The van der Waals surface area contributed by atoms with Crippen molar-refractivity contribution >= 4 is 23.3 Å². The van der Waals surface area contributed by atoms with Crippen LogP contribution in [0.3, 0.4) is 0 Å². The molecule has 0 saturated heterocycles. The monoisotopic (exact) mass is 278 g/mol. The van der Waals surface area contributed by atoms with Crippen molar-refractivity contribution in [3.8, 4) is 0 Å². The normalized spacial score (nSPS) is 13.2. The summed E-state index contributed by atoms with van der Waals surface area (Å²) in [5.41, 5.74) is 7.06. The molecule has 0 aliphatic rings. The molecule has 1 rings (SSSR count). The Morgan fingerprint density at radius 2 is 1.85 bits per heavy atom. The van der Waals surface area contributed by atoms with Gasteiger partial charge in [-0.05, 0) is 24.1 Å². The minimum Gasteiger partial charge on any atom is -0.341 e. The molecule has 110 valence electrons. The Morgan fingerprint density at radius 3 is 2.40 bits per heavy atom. The van der Waals surface area contributed by atoms with Crippen molar-refractivity contribution in [2.45, 2.75) is 26.3 Å². The van der Waals surface area contributed by atoms with Crippen molar-refractivity contribution in [3.05, 3.63) is 24.3 Å². The van der Waals surface area contributed by atoms with Crippen molar-refractivity contribution in [3.63, 3.8) is 0 Å². The molecule has 0 aliphatic carbocycles. The van der Waals surface area contributed by atoms with Gasteiger partial charge in [0.05, 0.1) is 6.04 Å². The number of rotatable bonds is 5. The first-order valence-corrected chi connectivity index (χ1v) is 6.63. The lowest BCUT2D eigenvalue weighted by Gasteiger charge is -2.18. The number of carbonyl (C=O) groups is 2. The molecular formula is C14H22N4O2. The number of nitrogens with one attached hydrogen (secondary N) is 3. The van der Waals surface area contributed by atoms with E-state index in [9.17, 15) is 9.59 Å². The van der Waals surface area contributed by atoms with E-state index >= 15 is 0 Å². The first kappa shape index (κ1) is 16.0. The number of benzene rings is 1. The summed E-state index contributed by atoms with van der Waals surface area (Å²) in [6.45, 7) is 3.93. The summed E-state index contributed by atoms with van der Waals surface area (Å²) in [4.78, 5) is 23.2. The fourth-order valence-corrected chi connectivity index (χ4v) is 1.61. The summed E-state index contributed by atoms with van der Waals surface area (Å²) in [7, 11) is 1.53. The van der Waals surface area contributed by atoms with Gasteiger partial charge in [-0.1, -0.05) is 26.3 Å². The summed E-state index contributed by atoms with van der Waals surface area (Å²) >= 11 is 0. The zero-order valence-corrected chi connectivity index (χ0v) is 12.1. The van der Waals surface area contributed by atoms with E-state index in [4.69, 9.17) is 5.73 Å². The highest BCUT2D eigenvalue weighted by atomic mass is 16.2. The van der Waals surface area contributed by atoms with Crippen LogP contribution in [0, 0.1) is 5.92 Å². The van der Waals surface area contributed by atoms with Gasteiger partial charge in [0.15, 0.2) is 0 Å². The van der Waals surface area contributed by atoms with Gasteiger partial charge in [-0.15, -0.1) is 0 Å². The topological polar surface area (TPSA) is 96.2 Å². The average molecular weight is 278 g/mol. The molecule has 1 aromatic rings. The van der Waals surface area contributed by atoms with Gasteiger partial charge in [0.25, 0.3) is 0 Å². The lowest BCUT2D eigenvalue weighted by Crippen LogP contribution is -2.40. The predicted molar refractivity (Wildman–Crippen MR) is 80.6 cm³/mol. The molecule has 0 bridgehead atoms. The summed E-state index contributed by atoms with van der Waals surface area (Å²) in [6, 6.07) is 6.04. The molecule has 6 nitrogen and oxygen atoms in total. The third-order valence-electron chi connectivity index (χ3n) is 3.17. The molecule has 20 heavy (non-hydrogen) atoms. The van der Waals surface area contributed by atoms with Gasteiger partial charge < -0.3 is 21.7 Å². The highest BCUT2D eigenvalue weighted by molar-refractivity contribution is 5.96. The Labute approximate surface area is 119 Å². The van der Waals surface area contributed by atoms with Crippen LogP contribution in [0.2, 0.25) is 0 Å². The minimum atomic E-state index is -0.546. The Bertz CT molecular complexity index is 476. The Kier molecular flexibility index (Phi) is 5.99. The number of amides is 3. The highest BCUT2D eigenvalue weighted by Gasteiger charge is 2.19. The van der Waals surface area contributed by atoms with Gasteiger partial charge in [-0.25, -0.2) is 4.79 Å². The third-order valence-corrected chi connectivity index (χ3v) is 3.17. The maximum Gasteiger partial charge on any atom is 0.318 e. The fraction of sp³-hybridized carbons (Fsp3) is 0.429. The fourth-order valence-electron chi connectivity index (χ4n) is 1.61. The van der Waals surface area contributed by atoms with Gasteiger partial charge in [0.1, 0.15) is 0 Å². The zero-order valence-electron chi connectivity index (χ0n) is 12.1. The van der Waals surface area contributed by atoms with Crippen LogP contribution in [0.25, 0.3) is 0 Å². The van der Waals surface area contributed by atoms with E-state index in [1.807, 2.05) is 13.8 Å². The van der Waals surface area contributed by atoms with Gasteiger partial charge in [0, 0.05) is 18.4 Å². The molecule has 2 unspecified atom stereocenters. The van der Waals surface area contributed by atoms with Crippen LogP contribution in [0.15, 0.2) is 24.3 Å². The molecule has 0 fully saturated rings. The highest BCUT2D eigenvalue weighted by Crippen LogP contribution is 2.16. The number of urea groups is 1. The molecule has 0 aromatic heterocycles. The molecule has 5 N–H and O–H groups in total. The Hall–Kier alpha value is -2.08. The van der Waals surface area contributed by atoms with Gasteiger partial charge in [-0.3, -0.25) is 4.79 Å². The van der Waals surface area contributed by atoms with Gasteiger partial charge in [-0.2, -0.15) is 0 Å². The maximum atomic E-state index is 12.0. The van der Waals surface area contributed by atoms with E-state index in [0.29, 0.717) is 11.4 Å². The zero-order chi connectivity index (χ0) is 15.1. The van der Waals surface area contributed by atoms with Crippen molar-refractivity contribution in [1.29, 1.82) is 0 Å². The standard InChI is InChI=1S/C14H22N4O2/c1-4-9(2)12(15)13(19)17-10-6-5-7-11(8-10)18-14(20)16-3/h5-9,12H,4,15H2,1-3H3,(H,17,19)(H2,16,18,20). The molecule has 0 radical (unpaired) electrons. The number of anilines is 2. The van der Waals surface area contributed by atoms with Gasteiger partial charge in [0.2, 0.25) is 5.91 Å². The average Bonchev–Trinajstić information content (AvgIpc) is 2.45. The van der Waals surface area contributed by atoms with Crippen molar-refractivity contribution < 1.29 is 9.59 Å². The van der Waals surface area contributed by atoms with Crippen molar-refractivity contribution in [2.24, 2.45) is 11.7 Å². The van der Waals surface area contributed by atoms with E-state index in [-0.39, 0.29) is 17.9 Å². The second kappa shape index (κ2) is 7.49. The van der Waals surface area contributed by atoms with E-state index in [1.165, 1.54) is 7.05 Å². The van der Waals surface area contributed by atoms with Crippen LogP contribution in [-0.2, 0) is 4.79 Å². The van der Waals surface area contributed by atoms with Crippen LogP contribution in [0.4, 0.5) is 16.2 Å². The van der Waals surface area contributed by atoms with Crippen molar-refractivity contribution in [2.75, 3.05) is 17.7 Å². The van der Waals surface area contributed by atoms with E-state index < -0.39 is 6.04 Å². The second-order valence-corrected chi connectivity index (χ2v) is 4.69. The van der Waals surface area contributed by atoms with E-state index in [1.54, 1.807) is 24.3 Å². The van der Waals surface area contributed by atoms with Crippen LogP contribution in [0.1, 0.15) is 20.3 Å². The smallest absolute Gasteiger partial charge is 0.318 e. The predicted octanol–water partition coefficient (Wildman–Crippen LogP) is 1.75.